The maximum atomic E-state index is 12.0. The maximum absolute atomic E-state index is 12.0. The second kappa shape index (κ2) is 9.26. The number of amides is 1. The van der Waals surface area contributed by atoms with Crippen LogP contribution in [-0.2, 0) is 11.2 Å². The third kappa shape index (κ3) is 6.37. The van der Waals surface area contributed by atoms with Gasteiger partial charge in [0.25, 0.3) is 0 Å². The van der Waals surface area contributed by atoms with E-state index in [1.54, 1.807) is 7.11 Å². The standard InChI is InChI=1S/C19H23NO2S/c1-15(8-9-16-6-4-3-5-7-16)20-19(21)14-23-18-12-10-17(22-2)11-13-18/h3-7,10-13,15H,8-9,14H2,1-2H3,(H,20,21). The van der Waals surface area contributed by atoms with Gasteiger partial charge >= 0.3 is 0 Å². The van der Waals surface area contributed by atoms with Crippen LogP contribution in [0.15, 0.2) is 59.5 Å². The zero-order chi connectivity index (χ0) is 16.5. The van der Waals surface area contributed by atoms with Gasteiger partial charge in [0.05, 0.1) is 12.9 Å². The Morgan fingerprint density at radius 1 is 1.13 bits per heavy atom. The summed E-state index contributed by atoms with van der Waals surface area (Å²) in [5.74, 6) is 1.34. The first-order valence-electron chi connectivity index (χ1n) is 7.77. The van der Waals surface area contributed by atoms with E-state index in [0.717, 1.165) is 23.5 Å². The Bertz CT molecular complexity index is 599. The zero-order valence-electron chi connectivity index (χ0n) is 13.6. The average Bonchev–Trinajstić information content (AvgIpc) is 2.59. The monoisotopic (exact) mass is 329 g/mol. The van der Waals surface area contributed by atoms with Gasteiger partial charge in [-0.1, -0.05) is 30.3 Å². The van der Waals surface area contributed by atoms with Crippen LogP contribution < -0.4 is 10.1 Å². The van der Waals surface area contributed by atoms with Crippen LogP contribution in [0.25, 0.3) is 0 Å². The van der Waals surface area contributed by atoms with Crippen LogP contribution in [0.5, 0.6) is 5.75 Å². The van der Waals surface area contributed by atoms with Crippen molar-refractivity contribution in [1.82, 2.24) is 5.32 Å². The number of rotatable bonds is 8. The summed E-state index contributed by atoms with van der Waals surface area (Å²) in [6, 6.07) is 18.3. The molecule has 0 saturated heterocycles. The van der Waals surface area contributed by atoms with Crippen LogP contribution in [0.4, 0.5) is 0 Å². The summed E-state index contributed by atoms with van der Waals surface area (Å²) in [5.41, 5.74) is 1.31. The first-order chi connectivity index (χ1) is 11.2. The van der Waals surface area contributed by atoms with E-state index in [1.165, 1.54) is 17.3 Å². The predicted molar refractivity (Wildman–Crippen MR) is 96.1 cm³/mol. The minimum absolute atomic E-state index is 0.0754. The molecule has 0 aliphatic heterocycles. The molecule has 1 N–H and O–H groups in total. The quantitative estimate of drug-likeness (QED) is 0.746. The van der Waals surface area contributed by atoms with Gasteiger partial charge in [0.15, 0.2) is 0 Å². The Morgan fingerprint density at radius 2 is 1.83 bits per heavy atom. The predicted octanol–water partition coefficient (Wildman–Crippen LogP) is 3.92. The van der Waals surface area contributed by atoms with E-state index in [4.69, 9.17) is 4.74 Å². The van der Waals surface area contributed by atoms with Crippen molar-refractivity contribution in [3.63, 3.8) is 0 Å². The van der Waals surface area contributed by atoms with Gasteiger partial charge in [-0.25, -0.2) is 0 Å². The van der Waals surface area contributed by atoms with E-state index >= 15 is 0 Å². The highest BCUT2D eigenvalue weighted by Crippen LogP contribution is 2.21. The van der Waals surface area contributed by atoms with Gasteiger partial charge in [-0.15, -0.1) is 11.8 Å². The molecule has 0 bridgehead atoms. The molecule has 4 heteroatoms. The largest absolute Gasteiger partial charge is 0.497 e. The van der Waals surface area contributed by atoms with Crippen molar-refractivity contribution in [3.8, 4) is 5.75 Å². The van der Waals surface area contributed by atoms with Crippen molar-refractivity contribution in [2.45, 2.75) is 30.7 Å². The molecule has 23 heavy (non-hydrogen) atoms. The van der Waals surface area contributed by atoms with Gasteiger partial charge in [0.2, 0.25) is 5.91 Å². The Morgan fingerprint density at radius 3 is 2.48 bits per heavy atom. The molecule has 0 aliphatic rings. The molecule has 2 rings (SSSR count). The van der Waals surface area contributed by atoms with Gasteiger partial charge in [-0.2, -0.15) is 0 Å². The normalized spacial score (nSPS) is 11.7. The van der Waals surface area contributed by atoms with Gasteiger partial charge in [-0.3, -0.25) is 4.79 Å². The van der Waals surface area contributed by atoms with Crippen LogP contribution in [-0.4, -0.2) is 24.8 Å². The Kier molecular flexibility index (Phi) is 7.01. The Balaban J connectivity index is 1.69. The zero-order valence-corrected chi connectivity index (χ0v) is 14.4. The fraction of sp³-hybridized carbons (Fsp3) is 0.316. The molecule has 0 saturated carbocycles. The van der Waals surface area contributed by atoms with Crippen LogP contribution in [0.3, 0.4) is 0 Å². The van der Waals surface area contributed by atoms with Crippen molar-refractivity contribution >= 4 is 17.7 Å². The lowest BCUT2D eigenvalue weighted by atomic mass is 10.1. The topological polar surface area (TPSA) is 38.3 Å². The number of thioether (sulfide) groups is 1. The molecule has 2 aromatic rings. The number of carbonyl (C=O) groups is 1. The third-order valence-corrected chi connectivity index (χ3v) is 4.56. The van der Waals surface area contributed by atoms with Gasteiger partial charge in [0, 0.05) is 10.9 Å². The van der Waals surface area contributed by atoms with Gasteiger partial charge in [0.1, 0.15) is 5.75 Å². The molecule has 0 fully saturated rings. The highest BCUT2D eigenvalue weighted by atomic mass is 32.2. The second-order valence-corrected chi connectivity index (χ2v) is 6.51. The fourth-order valence-electron chi connectivity index (χ4n) is 2.24. The average molecular weight is 329 g/mol. The molecule has 3 nitrogen and oxygen atoms in total. The number of carbonyl (C=O) groups excluding carboxylic acids is 1. The van der Waals surface area contributed by atoms with Gasteiger partial charge < -0.3 is 10.1 Å². The van der Waals surface area contributed by atoms with Gasteiger partial charge in [-0.05, 0) is 49.6 Å². The lowest BCUT2D eigenvalue weighted by Crippen LogP contribution is -2.34. The second-order valence-electron chi connectivity index (χ2n) is 5.46. The van der Waals surface area contributed by atoms with E-state index in [2.05, 4.69) is 24.4 Å². The number of ether oxygens (including phenoxy) is 1. The molecule has 0 aliphatic carbocycles. The fourth-order valence-corrected chi connectivity index (χ4v) is 2.95. The smallest absolute Gasteiger partial charge is 0.230 e. The summed E-state index contributed by atoms with van der Waals surface area (Å²) in [6.07, 6.45) is 1.93. The van der Waals surface area contributed by atoms with E-state index in [1.807, 2.05) is 42.5 Å². The summed E-state index contributed by atoms with van der Waals surface area (Å²) in [7, 11) is 1.65. The summed E-state index contributed by atoms with van der Waals surface area (Å²) in [6.45, 7) is 2.05. The van der Waals surface area contributed by atoms with E-state index < -0.39 is 0 Å². The number of nitrogens with one attached hydrogen (secondary N) is 1. The van der Waals surface area contributed by atoms with E-state index in [0.29, 0.717) is 5.75 Å². The molecule has 0 heterocycles. The van der Waals surface area contributed by atoms with Crippen LogP contribution in [0.2, 0.25) is 0 Å². The van der Waals surface area contributed by atoms with Crippen molar-refractivity contribution in [1.29, 1.82) is 0 Å². The lowest BCUT2D eigenvalue weighted by Gasteiger charge is -2.14. The van der Waals surface area contributed by atoms with Crippen molar-refractivity contribution < 1.29 is 9.53 Å². The number of methoxy groups -OCH3 is 1. The number of benzene rings is 2. The minimum atomic E-state index is 0.0754. The molecule has 1 atom stereocenters. The number of aryl methyl sites for hydroxylation is 1. The summed E-state index contributed by atoms with van der Waals surface area (Å²) < 4.78 is 5.12. The highest BCUT2D eigenvalue weighted by molar-refractivity contribution is 8.00. The molecule has 2 aromatic carbocycles. The number of hydrogen-bond donors (Lipinski definition) is 1. The van der Waals surface area contributed by atoms with E-state index in [-0.39, 0.29) is 11.9 Å². The lowest BCUT2D eigenvalue weighted by molar-refractivity contribution is -0.119. The highest BCUT2D eigenvalue weighted by Gasteiger charge is 2.08. The molecule has 122 valence electrons. The summed E-state index contributed by atoms with van der Waals surface area (Å²) in [5, 5.41) is 3.06. The van der Waals surface area contributed by atoms with E-state index in [9.17, 15) is 4.79 Å². The molecular weight excluding hydrogens is 306 g/mol. The summed E-state index contributed by atoms with van der Waals surface area (Å²) in [4.78, 5) is 13.1. The number of hydrogen-bond acceptors (Lipinski definition) is 3. The molecule has 1 amide bonds. The molecule has 0 aromatic heterocycles. The van der Waals surface area contributed by atoms with Crippen molar-refractivity contribution in [2.75, 3.05) is 12.9 Å². The Hall–Kier alpha value is -1.94. The molecule has 1 unspecified atom stereocenters. The Labute approximate surface area is 142 Å². The van der Waals surface area contributed by atoms with Crippen LogP contribution in [0, 0.1) is 0 Å². The van der Waals surface area contributed by atoms with Crippen LogP contribution in [0.1, 0.15) is 18.9 Å². The maximum Gasteiger partial charge on any atom is 0.230 e. The molecular formula is C19H23NO2S. The first kappa shape index (κ1) is 17.4. The molecule has 0 spiro atoms. The van der Waals surface area contributed by atoms with Crippen molar-refractivity contribution in [2.24, 2.45) is 0 Å². The minimum Gasteiger partial charge on any atom is -0.497 e. The van der Waals surface area contributed by atoms with Crippen LogP contribution >= 0.6 is 11.8 Å². The first-order valence-corrected chi connectivity index (χ1v) is 8.76. The van der Waals surface area contributed by atoms with Crippen molar-refractivity contribution in [3.05, 3.63) is 60.2 Å². The third-order valence-electron chi connectivity index (χ3n) is 3.55. The molecule has 0 radical (unpaired) electrons. The summed E-state index contributed by atoms with van der Waals surface area (Å²) >= 11 is 1.54. The SMILES string of the molecule is COc1ccc(SCC(=O)NC(C)CCc2ccccc2)cc1.